The van der Waals surface area contributed by atoms with Crippen LogP contribution in [0.15, 0.2) is 36.5 Å². The van der Waals surface area contributed by atoms with Crippen LogP contribution in [0.25, 0.3) is 0 Å². The quantitative estimate of drug-likeness (QED) is 0.0295. The molecule has 0 bridgehead atoms. The average molecular weight is 1090 g/mol. The number of nitrogens with one attached hydrogen (secondary N) is 1. The molecule has 19 heteroatoms. The molecule has 0 aromatic rings. The van der Waals surface area contributed by atoms with Crippen LogP contribution in [0, 0.1) is 0 Å². The van der Waals surface area contributed by atoms with E-state index < -0.39 is 124 Å². The first-order chi connectivity index (χ1) is 36.8. The maximum Gasteiger partial charge on any atom is 0.220 e. The predicted molar refractivity (Wildman–Crippen MR) is 286 cm³/mol. The van der Waals surface area contributed by atoms with E-state index in [1.54, 1.807) is 6.08 Å². The third kappa shape index (κ3) is 25.2. The zero-order valence-electron chi connectivity index (χ0n) is 46.0. The van der Waals surface area contributed by atoms with E-state index in [2.05, 4.69) is 43.5 Å². The Hall–Kier alpha value is -1.99. The van der Waals surface area contributed by atoms with Gasteiger partial charge >= 0.3 is 0 Å². The van der Waals surface area contributed by atoms with Gasteiger partial charge in [0.1, 0.15) is 73.2 Å². The second kappa shape index (κ2) is 41.1. The van der Waals surface area contributed by atoms with Crippen molar-refractivity contribution in [3.8, 4) is 0 Å². The van der Waals surface area contributed by atoms with Crippen molar-refractivity contribution < 1.29 is 89.4 Å². The van der Waals surface area contributed by atoms with Crippen LogP contribution in [0.3, 0.4) is 0 Å². The van der Waals surface area contributed by atoms with Crippen molar-refractivity contribution in [1.82, 2.24) is 5.32 Å². The molecule has 3 fully saturated rings. The highest BCUT2D eigenvalue weighted by Crippen LogP contribution is 2.33. The summed E-state index contributed by atoms with van der Waals surface area (Å²) < 4.78 is 34.2. The number of amides is 1. The minimum absolute atomic E-state index is 0.227. The molecular weight excluding hydrogens is 987 g/mol. The monoisotopic (exact) mass is 1090 g/mol. The molecule has 0 aromatic carbocycles. The normalized spacial score (nSPS) is 31.2. The van der Waals surface area contributed by atoms with Crippen molar-refractivity contribution >= 4 is 5.91 Å². The second-order valence-corrected chi connectivity index (χ2v) is 21.1. The Balaban J connectivity index is 1.53. The zero-order valence-corrected chi connectivity index (χ0v) is 46.0. The molecule has 3 rings (SSSR count). The Kier molecular flexibility index (Phi) is 36.9. The van der Waals surface area contributed by atoms with Crippen LogP contribution in [0.5, 0.6) is 0 Å². The molecule has 0 aliphatic carbocycles. The molecule has 3 aliphatic heterocycles. The van der Waals surface area contributed by atoms with Crippen molar-refractivity contribution in [2.75, 3.05) is 26.4 Å². The Morgan fingerprint density at radius 3 is 1.36 bits per heavy atom. The van der Waals surface area contributed by atoms with E-state index >= 15 is 0 Å². The number of aliphatic hydroxyl groups is 11. The number of hydrogen-bond acceptors (Lipinski definition) is 18. The van der Waals surface area contributed by atoms with E-state index in [0.29, 0.717) is 6.42 Å². The van der Waals surface area contributed by atoms with Crippen LogP contribution in [0.4, 0.5) is 0 Å². The first kappa shape index (κ1) is 68.3. The van der Waals surface area contributed by atoms with Crippen LogP contribution < -0.4 is 5.32 Å². The van der Waals surface area contributed by atoms with E-state index in [4.69, 9.17) is 28.4 Å². The molecule has 0 spiro atoms. The highest BCUT2D eigenvalue weighted by atomic mass is 16.8. The summed E-state index contributed by atoms with van der Waals surface area (Å²) in [6, 6.07) is -0.978. The highest BCUT2D eigenvalue weighted by Gasteiger charge is 2.53. The smallest absolute Gasteiger partial charge is 0.220 e. The number of aliphatic hydroxyl groups excluding tert-OH is 11. The molecule has 0 saturated carbocycles. The van der Waals surface area contributed by atoms with Gasteiger partial charge in [0.15, 0.2) is 18.9 Å². The van der Waals surface area contributed by atoms with Crippen LogP contribution in [-0.2, 0) is 33.2 Å². The summed E-state index contributed by atoms with van der Waals surface area (Å²) in [7, 11) is 0. The molecule has 17 atom stereocenters. The SMILES string of the molecule is CCCCCC/C=C\C/C=C\CCCCCCCC(=O)NC(COC1OC(CO)C(OC2OC(CO)C(OC3OC(CO)C(O)C(O)C3O)C(O)C2O)C(O)C1O)C(O)/C=C/CCCCCCCCCCCCCCC. The topological polar surface area (TPSA) is 307 Å². The molecule has 17 unspecified atom stereocenters. The molecule has 0 aromatic heterocycles. The molecule has 444 valence electrons. The molecule has 3 aliphatic rings. The van der Waals surface area contributed by atoms with Gasteiger partial charge in [-0.25, -0.2) is 0 Å². The third-order valence-electron chi connectivity index (χ3n) is 14.7. The van der Waals surface area contributed by atoms with Crippen molar-refractivity contribution in [2.45, 2.75) is 291 Å². The average Bonchev–Trinajstić information content (AvgIpc) is 3.41. The number of unbranched alkanes of at least 4 members (excludes halogenated alkanes) is 22. The summed E-state index contributed by atoms with van der Waals surface area (Å²) in [5.74, 6) is -0.291. The fraction of sp³-hybridized carbons (Fsp3) is 0.877. The molecular formula is C57H103NO18. The van der Waals surface area contributed by atoms with Crippen molar-refractivity contribution in [3.05, 3.63) is 36.5 Å². The number of rotatable bonds is 42. The summed E-state index contributed by atoms with van der Waals surface area (Å²) in [4.78, 5) is 13.3. The van der Waals surface area contributed by atoms with E-state index in [1.807, 2.05) is 6.08 Å². The molecule has 0 radical (unpaired) electrons. The predicted octanol–water partition coefficient (Wildman–Crippen LogP) is 4.54. The number of allylic oxidation sites excluding steroid dienone is 5. The van der Waals surface area contributed by atoms with Gasteiger partial charge in [-0.15, -0.1) is 0 Å². The van der Waals surface area contributed by atoms with Gasteiger partial charge in [-0.2, -0.15) is 0 Å². The van der Waals surface area contributed by atoms with Gasteiger partial charge in [0.25, 0.3) is 0 Å². The fourth-order valence-electron chi connectivity index (χ4n) is 9.81. The standard InChI is InChI=1S/C57H103NO18/c1-3-5-7-9-11-13-15-17-19-21-23-25-27-29-31-33-35-45(63)58-40(41(62)34-32-30-28-26-24-22-20-18-16-14-12-10-8-6-4-2)39-71-55-51(69)48(66)53(43(37-60)73-55)76-57-52(70)49(67)54(44(38-61)74-57)75-56-50(68)47(65)46(64)42(36-59)72-56/h13,15,19,21,32,34,40-44,46-57,59-62,64-70H,3-12,14,16-18,20,22-31,33,35-39H2,1-2H3,(H,58,63)/b15-13-,21-19-,34-32+. The minimum atomic E-state index is -1.98. The van der Waals surface area contributed by atoms with Gasteiger partial charge in [0.2, 0.25) is 5.91 Å². The van der Waals surface area contributed by atoms with Crippen molar-refractivity contribution in [3.63, 3.8) is 0 Å². The summed E-state index contributed by atoms with van der Waals surface area (Å²) in [5.41, 5.74) is 0. The van der Waals surface area contributed by atoms with Gasteiger partial charge in [0, 0.05) is 6.42 Å². The third-order valence-corrected chi connectivity index (χ3v) is 14.7. The van der Waals surface area contributed by atoms with Gasteiger partial charge < -0.3 is 89.9 Å². The Labute approximate surface area is 453 Å². The van der Waals surface area contributed by atoms with Crippen LogP contribution >= 0.6 is 0 Å². The van der Waals surface area contributed by atoms with Gasteiger partial charge in [-0.1, -0.05) is 166 Å². The van der Waals surface area contributed by atoms with Crippen LogP contribution in [-0.4, -0.2) is 193 Å². The zero-order chi connectivity index (χ0) is 55.5. The summed E-state index contributed by atoms with van der Waals surface area (Å²) >= 11 is 0. The highest BCUT2D eigenvalue weighted by molar-refractivity contribution is 5.76. The van der Waals surface area contributed by atoms with E-state index in [1.165, 1.54) is 89.9 Å². The lowest BCUT2D eigenvalue weighted by molar-refractivity contribution is -0.379. The minimum Gasteiger partial charge on any atom is -0.394 e. The summed E-state index contributed by atoms with van der Waals surface area (Å²) in [6.07, 6.45) is 15.5. The number of hydrogen-bond donors (Lipinski definition) is 12. The lowest BCUT2D eigenvalue weighted by Gasteiger charge is -2.48. The maximum absolute atomic E-state index is 13.3. The maximum atomic E-state index is 13.3. The number of ether oxygens (including phenoxy) is 6. The molecule has 19 nitrogen and oxygen atoms in total. The van der Waals surface area contributed by atoms with E-state index in [9.17, 15) is 61.0 Å². The number of carbonyl (C=O) groups is 1. The molecule has 1 amide bonds. The Morgan fingerprint density at radius 2 is 0.868 bits per heavy atom. The van der Waals surface area contributed by atoms with Crippen LogP contribution in [0.1, 0.15) is 187 Å². The summed E-state index contributed by atoms with van der Waals surface area (Å²) in [6.45, 7) is 1.68. The first-order valence-electron chi connectivity index (χ1n) is 29.2. The van der Waals surface area contributed by atoms with Gasteiger partial charge in [-0.05, 0) is 51.4 Å². The van der Waals surface area contributed by atoms with Gasteiger partial charge in [-0.3, -0.25) is 4.79 Å². The lowest BCUT2D eigenvalue weighted by atomic mass is 9.96. The fourth-order valence-corrected chi connectivity index (χ4v) is 9.81. The second-order valence-electron chi connectivity index (χ2n) is 21.1. The Morgan fingerprint density at radius 1 is 0.474 bits per heavy atom. The lowest BCUT2D eigenvalue weighted by Crippen LogP contribution is -2.66. The molecule has 12 N–H and O–H groups in total. The molecule has 3 heterocycles. The summed E-state index contributed by atoms with van der Waals surface area (Å²) in [5, 5.41) is 120. The Bertz CT molecular complexity index is 1540. The van der Waals surface area contributed by atoms with Crippen LogP contribution in [0.2, 0.25) is 0 Å². The van der Waals surface area contributed by atoms with Crippen molar-refractivity contribution in [2.24, 2.45) is 0 Å². The van der Waals surface area contributed by atoms with Crippen molar-refractivity contribution in [1.29, 1.82) is 0 Å². The largest absolute Gasteiger partial charge is 0.394 e. The molecule has 76 heavy (non-hydrogen) atoms. The van der Waals surface area contributed by atoms with Gasteiger partial charge in [0.05, 0.1) is 38.6 Å². The number of carbonyl (C=O) groups excluding carboxylic acids is 1. The van der Waals surface area contributed by atoms with E-state index in [0.717, 1.165) is 70.6 Å². The van der Waals surface area contributed by atoms with E-state index in [-0.39, 0.29) is 18.9 Å². The first-order valence-corrected chi connectivity index (χ1v) is 29.2. The molecule has 3 saturated heterocycles.